The zero-order valence-electron chi connectivity index (χ0n) is 26.0. The molecule has 0 spiro atoms. The van der Waals surface area contributed by atoms with Crippen molar-refractivity contribution in [2.75, 3.05) is 32.6 Å². The van der Waals surface area contributed by atoms with Gasteiger partial charge in [-0.3, -0.25) is 14.5 Å². The predicted molar refractivity (Wildman–Crippen MR) is 168 cm³/mol. The number of carboxylic acid groups (broad SMARTS) is 1. The molecule has 3 N–H and O–H groups in total. The highest BCUT2D eigenvalue weighted by Crippen LogP contribution is 2.43. The van der Waals surface area contributed by atoms with Crippen molar-refractivity contribution in [2.45, 2.75) is 64.3 Å². The number of aliphatic hydroxyl groups excluding tert-OH is 1. The van der Waals surface area contributed by atoms with Crippen LogP contribution in [0, 0.1) is 5.92 Å². The summed E-state index contributed by atoms with van der Waals surface area (Å²) in [7, 11) is 3.30. The molecule has 2 aliphatic rings. The summed E-state index contributed by atoms with van der Waals surface area (Å²) in [5.41, 5.74) is 5.66. The fourth-order valence-electron chi connectivity index (χ4n) is 6.07. The minimum atomic E-state index is -0.922. The largest absolute Gasteiger partial charge is 0.493 e. The van der Waals surface area contributed by atoms with E-state index < -0.39 is 12.3 Å². The highest BCUT2D eigenvalue weighted by atomic mass is 16.7. The SMILES string of the molecule is COc1cc2c(cc1OC)CN(C[C@H]1O[C@@H](c3cccc(NC(=O)CCCC(=O)O)c3)O[C@@H](c3ccc(CO)cc3)[C@H]1C)CC2. The maximum absolute atomic E-state index is 12.4. The van der Waals surface area contributed by atoms with Crippen molar-refractivity contribution in [1.82, 2.24) is 4.90 Å². The molecule has 1 fully saturated rings. The number of aliphatic hydroxyl groups is 1. The van der Waals surface area contributed by atoms with Gasteiger partial charge in [0.25, 0.3) is 0 Å². The second-order valence-electron chi connectivity index (χ2n) is 11.7. The number of nitrogens with zero attached hydrogens (tertiary/aromatic N) is 1. The summed E-state index contributed by atoms with van der Waals surface area (Å²) in [5.74, 6) is 0.309. The highest BCUT2D eigenvalue weighted by molar-refractivity contribution is 5.90. The molecule has 3 aromatic rings. The average Bonchev–Trinajstić information content (AvgIpc) is 3.05. The van der Waals surface area contributed by atoms with E-state index in [1.807, 2.05) is 42.5 Å². The number of carbonyl (C=O) groups excluding carboxylic acids is 1. The van der Waals surface area contributed by atoms with Crippen LogP contribution in [-0.4, -0.2) is 60.4 Å². The van der Waals surface area contributed by atoms with Gasteiger partial charge in [0.2, 0.25) is 5.91 Å². The Hall–Kier alpha value is -3.96. The maximum atomic E-state index is 12.4. The number of carboxylic acids is 1. The number of nitrogens with one attached hydrogen (secondary N) is 1. The molecule has 0 unspecified atom stereocenters. The molecule has 0 saturated carbocycles. The number of rotatable bonds is 12. The van der Waals surface area contributed by atoms with Crippen molar-refractivity contribution >= 4 is 17.6 Å². The van der Waals surface area contributed by atoms with E-state index in [1.165, 1.54) is 11.1 Å². The first-order valence-corrected chi connectivity index (χ1v) is 15.4. The number of anilines is 1. The van der Waals surface area contributed by atoms with E-state index in [0.29, 0.717) is 18.0 Å². The van der Waals surface area contributed by atoms with Crippen molar-refractivity contribution in [3.05, 3.63) is 88.5 Å². The molecular formula is C35H42N2O8. The normalized spacial score (nSPS) is 21.5. The molecule has 1 amide bonds. The van der Waals surface area contributed by atoms with Gasteiger partial charge in [-0.15, -0.1) is 0 Å². The number of aliphatic carboxylic acids is 1. The Morgan fingerprint density at radius 2 is 1.69 bits per heavy atom. The van der Waals surface area contributed by atoms with E-state index in [-0.39, 0.29) is 49.9 Å². The molecule has 4 atom stereocenters. The third-order valence-electron chi connectivity index (χ3n) is 8.60. The summed E-state index contributed by atoms with van der Waals surface area (Å²) in [4.78, 5) is 25.7. The Labute approximate surface area is 263 Å². The van der Waals surface area contributed by atoms with Crippen LogP contribution in [0.2, 0.25) is 0 Å². The van der Waals surface area contributed by atoms with Gasteiger partial charge in [0.15, 0.2) is 17.8 Å². The molecule has 10 heteroatoms. The Balaban J connectivity index is 1.36. The number of ether oxygens (including phenoxy) is 4. The van der Waals surface area contributed by atoms with Crippen LogP contribution < -0.4 is 14.8 Å². The van der Waals surface area contributed by atoms with Crippen LogP contribution in [0.1, 0.15) is 66.4 Å². The van der Waals surface area contributed by atoms with Crippen molar-refractivity contribution in [1.29, 1.82) is 0 Å². The molecule has 45 heavy (non-hydrogen) atoms. The average molecular weight is 619 g/mol. The molecule has 1 saturated heterocycles. The number of carbonyl (C=O) groups is 2. The first-order chi connectivity index (χ1) is 21.8. The Morgan fingerprint density at radius 1 is 0.956 bits per heavy atom. The van der Waals surface area contributed by atoms with Crippen LogP contribution in [-0.2, 0) is 38.6 Å². The summed E-state index contributed by atoms with van der Waals surface area (Å²) in [6.45, 7) is 4.44. The zero-order valence-corrected chi connectivity index (χ0v) is 26.0. The summed E-state index contributed by atoms with van der Waals surface area (Å²) in [5, 5.41) is 21.3. The third-order valence-corrected chi connectivity index (χ3v) is 8.60. The number of methoxy groups -OCH3 is 2. The smallest absolute Gasteiger partial charge is 0.303 e. The molecule has 0 aliphatic carbocycles. The second-order valence-corrected chi connectivity index (χ2v) is 11.7. The van der Waals surface area contributed by atoms with Gasteiger partial charge in [0, 0.05) is 49.6 Å². The van der Waals surface area contributed by atoms with Crippen molar-refractivity contribution in [3.63, 3.8) is 0 Å². The minimum Gasteiger partial charge on any atom is -0.493 e. The van der Waals surface area contributed by atoms with E-state index in [9.17, 15) is 14.7 Å². The van der Waals surface area contributed by atoms with Gasteiger partial charge in [-0.05, 0) is 59.4 Å². The van der Waals surface area contributed by atoms with Gasteiger partial charge in [-0.1, -0.05) is 43.3 Å². The van der Waals surface area contributed by atoms with Gasteiger partial charge in [0.1, 0.15) is 0 Å². The number of hydrogen-bond acceptors (Lipinski definition) is 8. The molecule has 2 heterocycles. The lowest BCUT2D eigenvalue weighted by Gasteiger charge is -2.43. The van der Waals surface area contributed by atoms with E-state index in [1.54, 1.807) is 20.3 Å². The summed E-state index contributed by atoms with van der Waals surface area (Å²) < 4.78 is 24.4. The molecular weight excluding hydrogens is 576 g/mol. The number of benzene rings is 3. The van der Waals surface area contributed by atoms with Gasteiger partial charge in [0.05, 0.1) is 33.0 Å². The summed E-state index contributed by atoms with van der Waals surface area (Å²) >= 11 is 0. The monoisotopic (exact) mass is 618 g/mol. The Bertz CT molecular complexity index is 1480. The fraction of sp³-hybridized carbons (Fsp3) is 0.429. The second kappa shape index (κ2) is 14.9. The lowest BCUT2D eigenvalue weighted by Crippen LogP contribution is -2.45. The first-order valence-electron chi connectivity index (χ1n) is 15.4. The van der Waals surface area contributed by atoms with Crippen LogP contribution >= 0.6 is 0 Å². The lowest BCUT2D eigenvalue weighted by molar-refractivity contribution is -0.276. The highest BCUT2D eigenvalue weighted by Gasteiger charge is 2.39. The third kappa shape index (κ3) is 8.01. The molecule has 240 valence electrons. The van der Waals surface area contributed by atoms with Crippen LogP contribution in [0.3, 0.4) is 0 Å². The van der Waals surface area contributed by atoms with Crippen LogP contribution in [0.4, 0.5) is 5.69 Å². The summed E-state index contributed by atoms with van der Waals surface area (Å²) in [6.07, 6.45) is 0.112. The number of amides is 1. The van der Waals surface area contributed by atoms with Gasteiger partial charge in [-0.25, -0.2) is 0 Å². The zero-order chi connectivity index (χ0) is 31.9. The fourth-order valence-corrected chi connectivity index (χ4v) is 6.07. The van der Waals surface area contributed by atoms with Gasteiger partial charge >= 0.3 is 5.97 Å². The Kier molecular flexibility index (Phi) is 10.7. The number of hydrogen-bond donors (Lipinski definition) is 3. The van der Waals surface area contributed by atoms with Crippen LogP contribution in [0.15, 0.2) is 60.7 Å². The molecule has 5 rings (SSSR count). The van der Waals surface area contributed by atoms with E-state index in [4.69, 9.17) is 24.1 Å². The molecule has 3 aromatic carbocycles. The predicted octanol–water partition coefficient (Wildman–Crippen LogP) is 5.24. The minimum absolute atomic E-state index is 0.0187. The van der Waals surface area contributed by atoms with Crippen molar-refractivity contribution in [2.24, 2.45) is 5.92 Å². The van der Waals surface area contributed by atoms with Crippen molar-refractivity contribution in [3.8, 4) is 11.5 Å². The first kappa shape index (κ1) is 32.4. The standard InChI is InChI=1S/C35H42N2O8/c1-22-31(20-37-15-14-25-17-29(42-2)30(43-3)18-27(25)19-37)44-35(45-34(22)24-12-10-23(21-38)11-13-24)26-6-4-7-28(16-26)36-32(39)8-5-9-33(40)41/h4,6-7,10-13,16-18,22,31,34-35,38H,5,8-9,14-15,19-21H2,1-3H3,(H,36,39)(H,40,41)/t22-,31+,34+,35+/m0/s1. The molecule has 10 nitrogen and oxygen atoms in total. The topological polar surface area (TPSA) is 127 Å². The van der Waals surface area contributed by atoms with Crippen LogP contribution in [0.25, 0.3) is 0 Å². The van der Waals surface area contributed by atoms with E-state index >= 15 is 0 Å². The van der Waals surface area contributed by atoms with Crippen LogP contribution in [0.5, 0.6) is 11.5 Å². The van der Waals surface area contributed by atoms with E-state index in [2.05, 4.69) is 29.3 Å². The van der Waals surface area contributed by atoms with E-state index in [0.717, 1.165) is 42.0 Å². The quantitative estimate of drug-likeness (QED) is 0.250. The molecule has 0 bridgehead atoms. The van der Waals surface area contributed by atoms with Gasteiger partial charge in [-0.2, -0.15) is 0 Å². The maximum Gasteiger partial charge on any atom is 0.303 e. The molecule has 0 aromatic heterocycles. The Morgan fingerprint density at radius 3 is 2.38 bits per heavy atom. The molecule has 2 aliphatic heterocycles. The summed E-state index contributed by atoms with van der Waals surface area (Å²) in [6, 6.07) is 19.3. The lowest BCUT2D eigenvalue weighted by atomic mass is 9.89. The van der Waals surface area contributed by atoms with Crippen molar-refractivity contribution < 1.29 is 38.7 Å². The van der Waals surface area contributed by atoms with Gasteiger partial charge < -0.3 is 34.5 Å². The molecule has 0 radical (unpaired) electrons. The number of fused-ring (bicyclic) bond motifs is 1.